The van der Waals surface area contributed by atoms with Gasteiger partial charge in [-0.2, -0.15) is 0 Å². The van der Waals surface area contributed by atoms with E-state index in [0.29, 0.717) is 17.5 Å². The smallest absolute Gasteiger partial charge is 0.233 e. The SMILES string of the molecule is CCNC(=O)[C@H](C)Sc1nnc(-c2ccc(C(C)(C)C)cc2)n1N. The van der Waals surface area contributed by atoms with E-state index < -0.39 is 0 Å². The normalized spacial score (nSPS) is 12.9. The summed E-state index contributed by atoms with van der Waals surface area (Å²) in [5, 5.41) is 11.3. The lowest BCUT2D eigenvalue weighted by Gasteiger charge is -2.19. The molecule has 1 aromatic heterocycles. The molecule has 6 nitrogen and oxygen atoms in total. The summed E-state index contributed by atoms with van der Waals surface area (Å²) in [7, 11) is 0. The van der Waals surface area contributed by atoms with Crippen LogP contribution in [0.1, 0.15) is 40.2 Å². The number of nitrogens with one attached hydrogen (secondary N) is 1. The first-order valence-electron chi connectivity index (χ1n) is 7.99. The number of nitrogen functional groups attached to an aromatic ring is 1. The number of hydrogen-bond donors (Lipinski definition) is 2. The van der Waals surface area contributed by atoms with Gasteiger partial charge < -0.3 is 11.2 Å². The Morgan fingerprint density at radius 2 is 1.92 bits per heavy atom. The highest BCUT2D eigenvalue weighted by Gasteiger charge is 2.20. The van der Waals surface area contributed by atoms with Crippen LogP contribution in [0.4, 0.5) is 0 Å². The zero-order valence-electron chi connectivity index (χ0n) is 14.8. The third-order valence-corrected chi connectivity index (χ3v) is 4.73. The van der Waals surface area contributed by atoms with E-state index in [1.165, 1.54) is 22.0 Å². The summed E-state index contributed by atoms with van der Waals surface area (Å²) < 4.78 is 1.44. The minimum atomic E-state index is -0.285. The van der Waals surface area contributed by atoms with E-state index in [4.69, 9.17) is 5.84 Å². The molecular formula is C17H25N5OS. The van der Waals surface area contributed by atoms with Crippen molar-refractivity contribution in [3.8, 4) is 11.4 Å². The van der Waals surface area contributed by atoms with Crippen LogP contribution in [0.25, 0.3) is 11.4 Å². The summed E-state index contributed by atoms with van der Waals surface area (Å²) in [6.07, 6.45) is 0. The maximum atomic E-state index is 11.8. The third-order valence-electron chi connectivity index (χ3n) is 3.68. The number of rotatable bonds is 5. The van der Waals surface area contributed by atoms with Crippen molar-refractivity contribution in [1.29, 1.82) is 0 Å². The van der Waals surface area contributed by atoms with Gasteiger partial charge in [-0.3, -0.25) is 4.79 Å². The summed E-state index contributed by atoms with van der Waals surface area (Å²) in [5.74, 6) is 6.66. The van der Waals surface area contributed by atoms with Crippen LogP contribution in [-0.4, -0.2) is 32.6 Å². The molecule has 2 rings (SSSR count). The molecule has 0 aliphatic rings. The van der Waals surface area contributed by atoms with E-state index >= 15 is 0 Å². The first-order valence-corrected chi connectivity index (χ1v) is 8.87. The Morgan fingerprint density at radius 3 is 2.46 bits per heavy atom. The molecule has 0 radical (unpaired) electrons. The average molecular weight is 347 g/mol. The van der Waals surface area contributed by atoms with Gasteiger partial charge >= 0.3 is 0 Å². The molecule has 0 aliphatic heterocycles. The molecule has 3 N–H and O–H groups in total. The first kappa shape index (κ1) is 18.3. The van der Waals surface area contributed by atoms with Crippen molar-refractivity contribution in [1.82, 2.24) is 20.2 Å². The van der Waals surface area contributed by atoms with Crippen molar-refractivity contribution in [3.05, 3.63) is 29.8 Å². The van der Waals surface area contributed by atoms with Gasteiger partial charge in [0.1, 0.15) is 0 Å². The largest absolute Gasteiger partial charge is 0.355 e. The molecule has 0 spiro atoms. The van der Waals surface area contributed by atoms with Crippen LogP contribution in [0.15, 0.2) is 29.4 Å². The molecule has 7 heteroatoms. The standard InChI is InChI=1S/C17H25N5OS/c1-6-19-15(23)11(2)24-16-21-20-14(22(16)18)12-7-9-13(10-8-12)17(3,4)5/h7-11H,6,18H2,1-5H3,(H,19,23)/t11-/m0/s1. The van der Waals surface area contributed by atoms with E-state index in [9.17, 15) is 4.79 Å². The molecule has 2 aromatic rings. The van der Waals surface area contributed by atoms with Crippen molar-refractivity contribution >= 4 is 17.7 Å². The number of nitrogens with zero attached hydrogens (tertiary/aromatic N) is 3. The van der Waals surface area contributed by atoms with Gasteiger partial charge in [0.25, 0.3) is 0 Å². The van der Waals surface area contributed by atoms with Crippen LogP contribution < -0.4 is 11.2 Å². The molecule has 0 saturated carbocycles. The van der Waals surface area contributed by atoms with Gasteiger partial charge in [-0.15, -0.1) is 10.2 Å². The van der Waals surface area contributed by atoms with Crippen molar-refractivity contribution in [2.45, 2.75) is 50.4 Å². The Hall–Kier alpha value is -2.02. The topological polar surface area (TPSA) is 85.8 Å². The maximum Gasteiger partial charge on any atom is 0.233 e. The Labute approximate surface area is 147 Å². The molecule has 0 saturated heterocycles. The molecule has 1 amide bonds. The second-order valence-corrected chi connectivity index (χ2v) is 7.97. The number of carbonyl (C=O) groups excluding carboxylic acids is 1. The van der Waals surface area contributed by atoms with E-state index in [1.54, 1.807) is 0 Å². The fraction of sp³-hybridized carbons (Fsp3) is 0.471. The number of benzene rings is 1. The molecule has 0 aliphatic carbocycles. The van der Waals surface area contributed by atoms with Crippen molar-refractivity contribution < 1.29 is 4.79 Å². The lowest BCUT2D eigenvalue weighted by atomic mass is 9.87. The van der Waals surface area contributed by atoms with Crippen molar-refractivity contribution in [3.63, 3.8) is 0 Å². The van der Waals surface area contributed by atoms with Gasteiger partial charge in [0.05, 0.1) is 5.25 Å². The Bertz CT molecular complexity index is 703. The molecular weight excluding hydrogens is 322 g/mol. The van der Waals surface area contributed by atoms with Crippen molar-refractivity contribution in [2.24, 2.45) is 0 Å². The van der Waals surface area contributed by atoms with Gasteiger partial charge in [0.2, 0.25) is 11.1 Å². The average Bonchev–Trinajstić information content (AvgIpc) is 2.88. The van der Waals surface area contributed by atoms with Gasteiger partial charge in [0, 0.05) is 12.1 Å². The van der Waals surface area contributed by atoms with E-state index in [0.717, 1.165) is 5.56 Å². The molecule has 1 heterocycles. The highest BCUT2D eigenvalue weighted by Crippen LogP contribution is 2.27. The molecule has 0 bridgehead atoms. The zero-order chi connectivity index (χ0) is 17.9. The number of nitrogens with two attached hydrogens (primary N) is 1. The minimum Gasteiger partial charge on any atom is -0.355 e. The lowest BCUT2D eigenvalue weighted by Crippen LogP contribution is -2.31. The summed E-state index contributed by atoms with van der Waals surface area (Å²) in [4.78, 5) is 11.8. The third kappa shape index (κ3) is 4.08. The molecule has 130 valence electrons. The number of thioether (sulfide) groups is 1. The predicted octanol–water partition coefficient (Wildman–Crippen LogP) is 2.57. The second-order valence-electron chi connectivity index (χ2n) is 6.66. The molecule has 0 unspecified atom stereocenters. The van der Waals surface area contributed by atoms with Crippen LogP contribution in [0.5, 0.6) is 0 Å². The molecule has 0 fully saturated rings. The van der Waals surface area contributed by atoms with Crippen LogP contribution in [0.3, 0.4) is 0 Å². The summed E-state index contributed by atoms with van der Waals surface area (Å²) in [5.41, 5.74) is 2.24. The fourth-order valence-corrected chi connectivity index (χ4v) is 3.00. The molecule has 24 heavy (non-hydrogen) atoms. The van der Waals surface area contributed by atoms with Crippen LogP contribution in [0.2, 0.25) is 0 Å². The van der Waals surface area contributed by atoms with Gasteiger partial charge in [-0.25, -0.2) is 4.68 Å². The van der Waals surface area contributed by atoms with Crippen molar-refractivity contribution in [2.75, 3.05) is 12.4 Å². The number of hydrogen-bond acceptors (Lipinski definition) is 5. The molecule has 1 atom stereocenters. The van der Waals surface area contributed by atoms with E-state index in [-0.39, 0.29) is 16.6 Å². The van der Waals surface area contributed by atoms with Gasteiger partial charge in [-0.05, 0) is 24.8 Å². The predicted molar refractivity (Wildman–Crippen MR) is 98.3 cm³/mol. The molecule has 1 aromatic carbocycles. The first-order chi connectivity index (χ1) is 11.2. The Balaban J connectivity index is 2.19. The Morgan fingerprint density at radius 1 is 1.29 bits per heavy atom. The second kappa shape index (κ2) is 7.25. The number of carbonyl (C=O) groups is 1. The highest BCUT2D eigenvalue weighted by molar-refractivity contribution is 8.00. The summed E-state index contributed by atoms with van der Waals surface area (Å²) in [6, 6.07) is 8.15. The fourth-order valence-electron chi connectivity index (χ4n) is 2.20. The Kier molecular flexibility index (Phi) is 5.54. The zero-order valence-corrected chi connectivity index (χ0v) is 15.6. The van der Waals surface area contributed by atoms with Crippen LogP contribution in [-0.2, 0) is 10.2 Å². The monoisotopic (exact) mass is 347 g/mol. The quantitative estimate of drug-likeness (QED) is 0.641. The number of amides is 1. The number of aromatic nitrogens is 3. The lowest BCUT2D eigenvalue weighted by molar-refractivity contribution is -0.120. The van der Waals surface area contributed by atoms with Gasteiger partial charge in [-0.1, -0.05) is 56.8 Å². The van der Waals surface area contributed by atoms with E-state index in [1.807, 2.05) is 26.0 Å². The minimum absolute atomic E-state index is 0.0402. The highest BCUT2D eigenvalue weighted by atomic mass is 32.2. The summed E-state index contributed by atoms with van der Waals surface area (Å²) >= 11 is 1.29. The summed E-state index contributed by atoms with van der Waals surface area (Å²) in [6.45, 7) is 10.8. The van der Waals surface area contributed by atoms with Crippen LogP contribution >= 0.6 is 11.8 Å². The maximum absolute atomic E-state index is 11.8. The van der Waals surface area contributed by atoms with Crippen LogP contribution in [0, 0.1) is 0 Å². The van der Waals surface area contributed by atoms with E-state index in [2.05, 4.69) is 48.4 Å². The van der Waals surface area contributed by atoms with Gasteiger partial charge in [0.15, 0.2) is 5.82 Å².